The maximum Gasteiger partial charge on any atom is 0.233 e. The summed E-state index contributed by atoms with van der Waals surface area (Å²) in [5.41, 5.74) is 2.13. The number of methoxy groups -OCH3 is 1. The van der Waals surface area contributed by atoms with Crippen LogP contribution in [0.25, 0.3) is 11.3 Å². The van der Waals surface area contributed by atoms with Crippen molar-refractivity contribution in [2.24, 2.45) is 7.05 Å². The number of anilines is 4. The van der Waals surface area contributed by atoms with Gasteiger partial charge in [-0.2, -0.15) is 15.2 Å². The first kappa shape index (κ1) is 22.2. The summed E-state index contributed by atoms with van der Waals surface area (Å²) in [5.74, 6) is 2.15. The van der Waals surface area contributed by atoms with Crippen LogP contribution in [0.4, 0.5) is 23.4 Å². The predicted octanol–water partition coefficient (Wildman–Crippen LogP) is 2.23. The number of aromatic amines is 1. The third-order valence-electron chi connectivity index (χ3n) is 4.78. The lowest BCUT2D eigenvalue weighted by atomic mass is 10.2. The number of nitrogens with zero attached hydrogens (tertiary/aromatic N) is 7. The van der Waals surface area contributed by atoms with Crippen molar-refractivity contribution in [1.82, 2.24) is 34.9 Å². The van der Waals surface area contributed by atoms with E-state index >= 15 is 0 Å². The second-order valence-electron chi connectivity index (χ2n) is 7.40. The number of hydrogen-bond donors (Lipinski definition) is 2. The zero-order valence-electron chi connectivity index (χ0n) is 18.7. The number of nitrogens with one attached hydrogen (secondary N) is 2. The highest BCUT2D eigenvalue weighted by Gasteiger charge is 2.22. The van der Waals surface area contributed by atoms with E-state index in [1.54, 1.807) is 28.9 Å². The molecular weight excluding hydrogens is 446 g/mol. The standard InChI is InChI=1S/C20H23N9O3S/c1-12-8-15(27-26-12)23-19-18(32-4)17(13-9-22-28(2)11-13)24-20(25-19)29(3)16-7-6-14(10-21-16)33(5,30)31/h6-11H,1-5H3,(H2,23,24,25,26,27). The minimum absolute atomic E-state index is 0.127. The molecule has 0 radical (unpaired) electrons. The Kier molecular flexibility index (Phi) is 5.72. The summed E-state index contributed by atoms with van der Waals surface area (Å²) in [5, 5.41) is 14.5. The van der Waals surface area contributed by atoms with Gasteiger partial charge in [0.2, 0.25) is 5.95 Å². The average molecular weight is 470 g/mol. The first-order chi connectivity index (χ1) is 15.7. The van der Waals surface area contributed by atoms with Crippen molar-refractivity contribution in [2.75, 3.05) is 30.6 Å². The van der Waals surface area contributed by atoms with Crippen LogP contribution < -0.4 is 15.0 Å². The Morgan fingerprint density at radius 1 is 1.21 bits per heavy atom. The number of sulfone groups is 1. The first-order valence-corrected chi connectivity index (χ1v) is 11.7. The van der Waals surface area contributed by atoms with Crippen LogP contribution in [-0.2, 0) is 16.9 Å². The second-order valence-corrected chi connectivity index (χ2v) is 9.42. The van der Waals surface area contributed by atoms with Crippen LogP contribution in [0.3, 0.4) is 0 Å². The lowest BCUT2D eigenvalue weighted by Gasteiger charge is -2.20. The van der Waals surface area contributed by atoms with Crippen LogP contribution >= 0.6 is 0 Å². The lowest BCUT2D eigenvalue weighted by molar-refractivity contribution is 0.415. The zero-order chi connectivity index (χ0) is 23.8. The minimum atomic E-state index is -3.36. The molecule has 4 aromatic rings. The van der Waals surface area contributed by atoms with Crippen molar-refractivity contribution < 1.29 is 13.2 Å². The van der Waals surface area contributed by atoms with Gasteiger partial charge in [0.15, 0.2) is 27.2 Å². The number of aryl methyl sites for hydroxylation is 2. The van der Waals surface area contributed by atoms with Crippen molar-refractivity contribution in [1.29, 1.82) is 0 Å². The van der Waals surface area contributed by atoms with Crippen LogP contribution in [0, 0.1) is 6.92 Å². The second kappa shape index (κ2) is 8.50. The summed E-state index contributed by atoms with van der Waals surface area (Å²) in [4.78, 5) is 15.4. The Morgan fingerprint density at radius 2 is 2.00 bits per heavy atom. The Morgan fingerprint density at radius 3 is 2.55 bits per heavy atom. The largest absolute Gasteiger partial charge is 0.491 e. The molecule has 0 aliphatic heterocycles. The van der Waals surface area contributed by atoms with E-state index in [-0.39, 0.29) is 4.90 Å². The van der Waals surface area contributed by atoms with Crippen LogP contribution in [0.15, 0.2) is 41.7 Å². The molecule has 12 nitrogen and oxygen atoms in total. The third kappa shape index (κ3) is 4.62. The number of pyridine rings is 1. The molecule has 0 saturated heterocycles. The van der Waals surface area contributed by atoms with Gasteiger partial charge in [0.05, 0.1) is 18.2 Å². The summed E-state index contributed by atoms with van der Waals surface area (Å²) >= 11 is 0. The van der Waals surface area contributed by atoms with Crippen molar-refractivity contribution in [3.05, 3.63) is 42.5 Å². The predicted molar refractivity (Wildman–Crippen MR) is 123 cm³/mol. The van der Waals surface area contributed by atoms with Crippen LogP contribution in [-0.4, -0.2) is 63.8 Å². The summed E-state index contributed by atoms with van der Waals surface area (Å²) in [6.45, 7) is 1.89. The fraction of sp³-hybridized carbons (Fsp3) is 0.250. The maximum atomic E-state index is 11.8. The van der Waals surface area contributed by atoms with Crippen LogP contribution in [0.1, 0.15) is 5.69 Å². The fourth-order valence-electron chi connectivity index (χ4n) is 3.10. The molecule has 4 rings (SSSR count). The monoisotopic (exact) mass is 469 g/mol. The molecule has 33 heavy (non-hydrogen) atoms. The summed E-state index contributed by atoms with van der Waals surface area (Å²) < 4.78 is 30.8. The molecule has 172 valence electrons. The molecule has 0 bridgehead atoms. The molecule has 4 aromatic heterocycles. The highest BCUT2D eigenvalue weighted by molar-refractivity contribution is 7.90. The molecule has 0 saturated carbocycles. The minimum Gasteiger partial charge on any atom is -0.491 e. The number of ether oxygens (including phenoxy) is 1. The Bertz CT molecular complexity index is 1390. The molecule has 13 heteroatoms. The van der Waals surface area contributed by atoms with Crippen molar-refractivity contribution in [3.63, 3.8) is 0 Å². The van der Waals surface area contributed by atoms with Gasteiger partial charge in [-0.1, -0.05) is 0 Å². The molecule has 4 heterocycles. The van der Waals surface area contributed by atoms with Gasteiger partial charge in [0.1, 0.15) is 11.5 Å². The number of hydrogen-bond acceptors (Lipinski definition) is 10. The Labute approximate surface area is 190 Å². The molecule has 0 unspecified atom stereocenters. The van der Waals surface area contributed by atoms with Gasteiger partial charge in [0, 0.05) is 50.1 Å². The number of H-pyrrole nitrogens is 1. The van der Waals surface area contributed by atoms with E-state index in [0.29, 0.717) is 34.8 Å². The quantitative estimate of drug-likeness (QED) is 0.413. The highest BCUT2D eigenvalue weighted by Crippen LogP contribution is 2.37. The normalized spacial score (nSPS) is 11.4. The van der Waals surface area contributed by atoms with Gasteiger partial charge in [-0.25, -0.2) is 18.4 Å². The molecule has 2 N–H and O–H groups in total. The van der Waals surface area contributed by atoms with Gasteiger partial charge in [-0.05, 0) is 19.1 Å². The Balaban J connectivity index is 1.82. The van der Waals surface area contributed by atoms with Gasteiger partial charge >= 0.3 is 0 Å². The maximum absolute atomic E-state index is 11.8. The molecule has 0 amide bonds. The lowest BCUT2D eigenvalue weighted by Crippen LogP contribution is -2.16. The van der Waals surface area contributed by atoms with E-state index in [4.69, 9.17) is 9.72 Å². The smallest absolute Gasteiger partial charge is 0.233 e. The summed E-state index contributed by atoms with van der Waals surface area (Å²) in [7, 11) is 1.72. The van der Waals surface area contributed by atoms with Crippen molar-refractivity contribution in [3.8, 4) is 17.0 Å². The van der Waals surface area contributed by atoms with E-state index in [1.165, 1.54) is 19.4 Å². The van der Waals surface area contributed by atoms with Crippen LogP contribution in [0.2, 0.25) is 0 Å². The van der Waals surface area contributed by atoms with E-state index in [1.807, 2.05) is 26.2 Å². The third-order valence-corrected chi connectivity index (χ3v) is 5.88. The van der Waals surface area contributed by atoms with E-state index < -0.39 is 9.84 Å². The summed E-state index contributed by atoms with van der Waals surface area (Å²) in [6.07, 6.45) is 5.93. The number of rotatable bonds is 7. The van der Waals surface area contributed by atoms with Gasteiger partial charge in [-0.3, -0.25) is 14.7 Å². The molecule has 0 aliphatic rings. The van der Waals surface area contributed by atoms with E-state index in [0.717, 1.165) is 17.5 Å². The summed E-state index contributed by atoms with van der Waals surface area (Å²) in [6, 6.07) is 4.92. The fourth-order valence-corrected chi connectivity index (χ4v) is 3.66. The highest BCUT2D eigenvalue weighted by atomic mass is 32.2. The van der Waals surface area contributed by atoms with Gasteiger partial charge < -0.3 is 10.1 Å². The number of aromatic nitrogens is 7. The average Bonchev–Trinajstić information content (AvgIpc) is 3.40. The van der Waals surface area contributed by atoms with Crippen LogP contribution in [0.5, 0.6) is 5.75 Å². The molecule has 0 atom stereocenters. The van der Waals surface area contributed by atoms with E-state index in [9.17, 15) is 8.42 Å². The van der Waals surface area contributed by atoms with Crippen molar-refractivity contribution in [2.45, 2.75) is 11.8 Å². The van der Waals surface area contributed by atoms with E-state index in [2.05, 4.69) is 30.6 Å². The molecule has 0 aromatic carbocycles. The van der Waals surface area contributed by atoms with Crippen molar-refractivity contribution >= 4 is 33.2 Å². The first-order valence-electron chi connectivity index (χ1n) is 9.79. The molecule has 0 fully saturated rings. The van der Waals surface area contributed by atoms with Gasteiger partial charge in [0.25, 0.3) is 0 Å². The Hall–Kier alpha value is -4.00. The zero-order valence-corrected chi connectivity index (χ0v) is 19.5. The molecule has 0 aliphatic carbocycles. The molecule has 0 spiro atoms. The SMILES string of the molecule is COc1c(Nc2cc(C)[nH]n2)nc(N(C)c2ccc(S(C)(=O)=O)cn2)nc1-c1cnn(C)c1. The topological polar surface area (TPSA) is 144 Å². The molecular formula is C20H23N9O3S. The van der Waals surface area contributed by atoms with Gasteiger partial charge in [-0.15, -0.1) is 0 Å².